The molecule has 50 heavy (non-hydrogen) atoms. The van der Waals surface area contributed by atoms with E-state index < -0.39 is 57.8 Å². The Kier molecular flexibility index (Phi) is 16.1. The molecule has 280 valence electrons. The maximum absolute atomic E-state index is 13.9. The fourth-order valence-corrected chi connectivity index (χ4v) is 9.12. The Hall–Kier alpha value is -2.49. The molecule has 1 unspecified atom stereocenters. The number of hydrogen-bond donors (Lipinski definition) is 4. The van der Waals surface area contributed by atoms with Crippen molar-refractivity contribution < 1.29 is 28.2 Å². The highest BCUT2D eigenvalue weighted by Gasteiger charge is 2.37. The summed E-state index contributed by atoms with van der Waals surface area (Å²) < 4.78 is 28.6. The molecule has 3 aliphatic rings. The largest absolute Gasteiger partial charge is 0.390 e. The smallest absolute Gasteiger partial charge is 0.243 e. The third kappa shape index (κ3) is 12.9. The van der Waals surface area contributed by atoms with Gasteiger partial charge in [-0.1, -0.05) is 75.8 Å². The predicted octanol–water partition coefficient (Wildman–Crippen LogP) is 3.71. The minimum absolute atomic E-state index is 0.106. The first-order chi connectivity index (χ1) is 24.0. The number of benzene rings is 1. The van der Waals surface area contributed by atoms with Crippen molar-refractivity contribution in [2.45, 2.75) is 121 Å². The van der Waals surface area contributed by atoms with Gasteiger partial charge in [0.05, 0.1) is 23.8 Å². The summed E-state index contributed by atoms with van der Waals surface area (Å²) in [4.78, 5) is 30.1. The number of nitrogens with zero attached hydrogens (tertiary/aromatic N) is 2. The zero-order valence-corrected chi connectivity index (χ0v) is 31.2. The van der Waals surface area contributed by atoms with Crippen molar-refractivity contribution in [2.24, 2.45) is 23.7 Å². The van der Waals surface area contributed by atoms with Crippen molar-refractivity contribution in [1.29, 1.82) is 0 Å². The van der Waals surface area contributed by atoms with Gasteiger partial charge in [0.1, 0.15) is 12.1 Å². The number of likely N-dealkylation sites (N-methyl/N-ethyl adjacent to an activating group) is 1. The highest BCUT2D eigenvalue weighted by Crippen LogP contribution is 2.39. The topological polar surface area (TPSA) is 139 Å². The molecule has 10 nitrogen and oxygen atoms in total. The third-order valence-corrected chi connectivity index (χ3v) is 13.2. The van der Waals surface area contributed by atoms with Crippen LogP contribution in [0.15, 0.2) is 30.3 Å². The van der Waals surface area contributed by atoms with Gasteiger partial charge in [-0.15, -0.1) is 12.3 Å². The lowest BCUT2D eigenvalue weighted by molar-refractivity contribution is -0.132. The Morgan fingerprint density at radius 3 is 2.28 bits per heavy atom. The van der Waals surface area contributed by atoms with Crippen molar-refractivity contribution in [1.82, 2.24) is 19.8 Å². The Balaban J connectivity index is 1.46. The van der Waals surface area contributed by atoms with Crippen LogP contribution in [0.5, 0.6) is 0 Å². The van der Waals surface area contributed by atoms with E-state index in [9.17, 15) is 28.2 Å². The average Bonchev–Trinajstić information content (AvgIpc) is 3.97. The van der Waals surface area contributed by atoms with Gasteiger partial charge in [0.25, 0.3) is 0 Å². The van der Waals surface area contributed by atoms with E-state index in [1.807, 2.05) is 30.3 Å². The third-order valence-electron chi connectivity index (χ3n) is 11.2. The van der Waals surface area contributed by atoms with Gasteiger partial charge in [-0.3, -0.25) is 9.59 Å². The maximum Gasteiger partial charge on any atom is 0.243 e. The van der Waals surface area contributed by atoms with E-state index in [1.165, 1.54) is 17.1 Å². The summed E-state index contributed by atoms with van der Waals surface area (Å²) in [6.45, 7) is 4.99. The number of carbonyl (C=O) groups excluding carboxylic acids is 2. The summed E-state index contributed by atoms with van der Waals surface area (Å²) in [6.07, 6.45) is 15.6. The minimum atomic E-state index is -3.82. The van der Waals surface area contributed by atoms with E-state index in [4.69, 9.17) is 6.42 Å². The second kappa shape index (κ2) is 19.9. The minimum Gasteiger partial charge on any atom is -0.390 e. The van der Waals surface area contributed by atoms with Gasteiger partial charge in [0.2, 0.25) is 21.8 Å². The highest BCUT2D eigenvalue weighted by molar-refractivity contribution is 7.89. The number of terminal acetylenes is 1. The normalized spacial score (nSPS) is 21.4. The van der Waals surface area contributed by atoms with Crippen LogP contribution in [-0.2, 0) is 26.0 Å². The number of carbonyl (C=O) groups is 2. The summed E-state index contributed by atoms with van der Waals surface area (Å²) in [7, 11) is -2.26. The lowest BCUT2D eigenvalue weighted by Gasteiger charge is -2.34. The van der Waals surface area contributed by atoms with E-state index in [1.54, 1.807) is 7.05 Å². The molecule has 0 bridgehead atoms. The monoisotopic (exact) mass is 714 g/mol. The number of amides is 2. The van der Waals surface area contributed by atoms with Gasteiger partial charge in [-0.25, -0.2) is 12.7 Å². The van der Waals surface area contributed by atoms with Crippen molar-refractivity contribution in [3.63, 3.8) is 0 Å². The van der Waals surface area contributed by atoms with Crippen molar-refractivity contribution in [3.8, 4) is 12.3 Å². The van der Waals surface area contributed by atoms with Gasteiger partial charge < -0.3 is 25.7 Å². The number of likely N-dealkylation sites (tertiary alicyclic amines) is 1. The molecular weight excluding hydrogens is 653 g/mol. The van der Waals surface area contributed by atoms with Gasteiger partial charge in [-0.2, -0.15) is 0 Å². The van der Waals surface area contributed by atoms with Crippen LogP contribution in [-0.4, -0.2) is 103 Å². The van der Waals surface area contributed by atoms with Gasteiger partial charge in [-0.05, 0) is 81.4 Å². The fourth-order valence-electron chi connectivity index (χ4n) is 7.72. The molecule has 11 heteroatoms. The molecule has 2 amide bonds. The summed E-state index contributed by atoms with van der Waals surface area (Å²) in [5.41, 5.74) is 0.807. The quantitative estimate of drug-likeness (QED) is 0.151. The molecule has 2 aliphatic carbocycles. The van der Waals surface area contributed by atoms with Crippen LogP contribution in [0.2, 0.25) is 0 Å². The first-order valence-electron chi connectivity index (χ1n) is 19.1. The lowest BCUT2D eigenvalue weighted by Crippen LogP contribution is -2.56. The number of hydrogen-bond acceptors (Lipinski definition) is 7. The molecule has 6 atom stereocenters. The lowest BCUT2D eigenvalue weighted by atomic mass is 9.82. The predicted molar refractivity (Wildman–Crippen MR) is 197 cm³/mol. The molecule has 4 rings (SSSR count). The number of rotatable bonds is 20. The van der Waals surface area contributed by atoms with E-state index in [0.29, 0.717) is 37.8 Å². The molecule has 1 aromatic carbocycles. The molecule has 3 fully saturated rings. The summed E-state index contributed by atoms with van der Waals surface area (Å²) in [6, 6.07) is 7.41. The van der Waals surface area contributed by atoms with Crippen molar-refractivity contribution in [3.05, 3.63) is 35.9 Å². The molecule has 1 aromatic rings. The average molecular weight is 715 g/mol. The SMILES string of the molecule is C#CC[C@H](NC(=O)[C@H](Cc1ccccc1)CS(=O)(=O)N(C)CCN1CCCCC1)C(=O)N[C@@H](CC1CCCCC1)[C@@H](O)[C@@H](O)CC(C)C1CC1. The maximum atomic E-state index is 13.9. The molecular formula is C39H62N4O6S. The van der Waals surface area contributed by atoms with Gasteiger partial charge >= 0.3 is 0 Å². The number of sulfonamides is 1. The van der Waals surface area contributed by atoms with Gasteiger partial charge in [0, 0.05) is 26.6 Å². The fraction of sp³-hybridized carbons (Fsp3) is 0.744. The molecule has 4 N–H and O–H groups in total. The first kappa shape index (κ1) is 40.3. The summed E-state index contributed by atoms with van der Waals surface area (Å²) >= 11 is 0. The molecule has 2 saturated carbocycles. The zero-order chi connectivity index (χ0) is 36.1. The molecule has 1 saturated heterocycles. The zero-order valence-electron chi connectivity index (χ0n) is 30.3. The summed E-state index contributed by atoms with van der Waals surface area (Å²) in [5.74, 6) is 1.15. The van der Waals surface area contributed by atoms with Gasteiger partial charge in [0.15, 0.2) is 0 Å². The van der Waals surface area contributed by atoms with Crippen molar-refractivity contribution >= 4 is 21.8 Å². The van der Waals surface area contributed by atoms with E-state index >= 15 is 0 Å². The number of aliphatic hydroxyl groups excluding tert-OH is 2. The Bertz CT molecular complexity index is 1340. The summed E-state index contributed by atoms with van der Waals surface area (Å²) in [5, 5.41) is 28.2. The number of piperidine rings is 1. The van der Waals surface area contributed by atoms with E-state index in [2.05, 4.69) is 28.4 Å². The van der Waals surface area contributed by atoms with Crippen LogP contribution in [0, 0.1) is 36.0 Å². The number of aliphatic hydroxyl groups is 2. The molecule has 1 heterocycles. The Morgan fingerprint density at radius 2 is 1.64 bits per heavy atom. The standard InChI is InChI=1S/C39H62N4O6S/c1-4-14-34(39(47)41-35(27-31-17-10-6-11-18-31)37(45)36(44)25-29(2)32-19-20-32)40-38(46)33(26-30-15-8-5-9-16-30)28-50(48,49)42(3)23-24-43-21-12-7-13-22-43/h1,5,8-9,15-16,29,31-37,44-45H,6-7,10-14,17-28H2,2-3H3,(H,40,46)(H,41,47)/t29?,33-,34+,35+,36+,37-/m1/s1. The van der Waals surface area contributed by atoms with Crippen LogP contribution >= 0.6 is 0 Å². The van der Waals surface area contributed by atoms with Crippen LogP contribution in [0.3, 0.4) is 0 Å². The Morgan fingerprint density at radius 1 is 0.980 bits per heavy atom. The van der Waals surface area contributed by atoms with Crippen molar-refractivity contribution in [2.75, 3.05) is 39.0 Å². The van der Waals surface area contributed by atoms with E-state index in [0.717, 1.165) is 70.0 Å². The van der Waals surface area contributed by atoms with E-state index in [-0.39, 0.29) is 18.8 Å². The molecule has 1 aliphatic heterocycles. The van der Waals surface area contributed by atoms with Crippen LogP contribution in [0.4, 0.5) is 0 Å². The molecule has 0 aromatic heterocycles. The highest BCUT2D eigenvalue weighted by atomic mass is 32.2. The second-order valence-electron chi connectivity index (χ2n) is 15.3. The molecule has 0 spiro atoms. The molecule has 0 radical (unpaired) electrons. The Labute approximate surface area is 301 Å². The number of nitrogens with one attached hydrogen (secondary N) is 2. The first-order valence-corrected chi connectivity index (χ1v) is 20.7. The second-order valence-corrected chi connectivity index (χ2v) is 17.4. The van der Waals surface area contributed by atoms with Crippen LogP contribution in [0.1, 0.15) is 96.0 Å². The van der Waals surface area contributed by atoms with Crippen LogP contribution < -0.4 is 10.6 Å². The van der Waals surface area contributed by atoms with Crippen LogP contribution in [0.25, 0.3) is 0 Å².